The van der Waals surface area contributed by atoms with Crippen molar-refractivity contribution in [3.63, 3.8) is 0 Å². The molecule has 1 aromatic rings. The van der Waals surface area contributed by atoms with Crippen LogP contribution in [-0.2, 0) is 0 Å². The molecule has 0 saturated carbocycles. The molecule has 1 rings (SSSR count). The molecule has 6 nitrogen and oxygen atoms in total. The smallest absolute Gasteiger partial charge is 0.267 e. The zero-order chi connectivity index (χ0) is 14.8. The number of nitro groups is 1. The molecule has 0 spiro atoms. The van der Waals surface area contributed by atoms with Crippen molar-refractivity contribution in [1.29, 1.82) is 0 Å². The minimum Gasteiger partial charge on any atom is -0.267 e. The number of hydrazone groups is 1. The summed E-state index contributed by atoms with van der Waals surface area (Å²) in [5, 5.41) is 14.4. The van der Waals surface area contributed by atoms with E-state index >= 15 is 0 Å². The molecule has 0 fully saturated rings. The summed E-state index contributed by atoms with van der Waals surface area (Å²) in [5.74, 6) is -0.446. The molecule has 0 heterocycles. The fraction of sp³-hybridized carbons (Fsp3) is 0.429. The van der Waals surface area contributed by atoms with Gasteiger partial charge in [0.25, 0.3) is 11.6 Å². The third-order valence-corrected chi connectivity index (χ3v) is 2.76. The van der Waals surface area contributed by atoms with Crippen molar-refractivity contribution >= 4 is 17.8 Å². The van der Waals surface area contributed by atoms with Crippen molar-refractivity contribution in [1.82, 2.24) is 5.43 Å². The molecule has 0 radical (unpaired) electrons. The van der Waals surface area contributed by atoms with Gasteiger partial charge in [0.05, 0.1) is 4.92 Å². The standard InChI is InChI=1S/C14H19N3O3/c1-2-3-4-5-6-10-15-16-14(18)12-8-7-9-13(11-12)17(19)20/h7-11H,2-6H2,1H3,(H,16,18). The number of nitro benzene ring substituents is 1. The Labute approximate surface area is 118 Å². The monoisotopic (exact) mass is 277 g/mol. The van der Waals surface area contributed by atoms with Gasteiger partial charge in [-0.3, -0.25) is 14.9 Å². The highest BCUT2D eigenvalue weighted by Crippen LogP contribution is 2.12. The van der Waals surface area contributed by atoms with E-state index in [1.807, 2.05) is 0 Å². The van der Waals surface area contributed by atoms with Gasteiger partial charge in [0, 0.05) is 23.9 Å². The van der Waals surface area contributed by atoms with Crippen LogP contribution in [0.3, 0.4) is 0 Å². The summed E-state index contributed by atoms with van der Waals surface area (Å²) < 4.78 is 0. The third kappa shape index (κ3) is 5.60. The molecule has 1 aromatic carbocycles. The Hall–Kier alpha value is -2.24. The Morgan fingerprint density at radius 1 is 1.40 bits per heavy atom. The summed E-state index contributed by atoms with van der Waals surface area (Å²) in [5.41, 5.74) is 2.48. The van der Waals surface area contributed by atoms with Crippen LogP contribution in [0.1, 0.15) is 49.4 Å². The SMILES string of the molecule is CCCCCCC=NNC(=O)c1cccc([N+](=O)[O-])c1. The average Bonchev–Trinajstić information content (AvgIpc) is 2.46. The number of benzene rings is 1. The number of nitrogens with zero attached hydrogens (tertiary/aromatic N) is 2. The van der Waals surface area contributed by atoms with E-state index in [0.29, 0.717) is 0 Å². The fourth-order valence-electron chi connectivity index (χ4n) is 1.66. The fourth-order valence-corrected chi connectivity index (χ4v) is 1.66. The van der Waals surface area contributed by atoms with E-state index in [1.54, 1.807) is 6.21 Å². The van der Waals surface area contributed by atoms with Crippen LogP contribution in [0, 0.1) is 10.1 Å². The molecule has 6 heteroatoms. The number of unbranched alkanes of at least 4 members (excludes halogenated alkanes) is 4. The summed E-state index contributed by atoms with van der Waals surface area (Å²) >= 11 is 0. The topological polar surface area (TPSA) is 84.6 Å². The van der Waals surface area contributed by atoms with Crippen LogP contribution in [0.25, 0.3) is 0 Å². The van der Waals surface area contributed by atoms with E-state index in [9.17, 15) is 14.9 Å². The van der Waals surface area contributed by atoms with E-state index in [4.69, 9.17) is 0 Å². The first-order valence-electron chi connectivity index (χ1n) is 6.71. The van der Waals surface area contributed by atoms with Crippen molar-refractivity contribution in [3.05, 3.63) is 39.9 Å². The van der Waals surface area contributed by atoms with Crippen LogP contribution in [0.2, 0.25) is 0 Å². The van der Waals surface area contributed by atoms with Gasteiger partial charge in [0.2, 0.25) is 0 Å². The van der Waals surface area contributed by atoms with Gasteiger partial charge in [-0.1, -0.05) is 32.3 Å². The second-order valence-corrected chi connectivity index (χ2v) is 4.41. The molecule has 0 aliphatic rings. The van der Waals surface area contributed by atoms with Crippen LogP contribution < -0.4 is 5.43 Å². The lowest BCUT2D eigenvalue weighted by Crippen LogP contribution is -2.17. The number of hydrogen-bond donors (Lipinski definition) is 1. The molecule has 0 atom stereocenters. The minimum absolute atomic E-state index is 0.110. The molecule has 0 aliphatic carbocycles. The molecular formula is C14H19N3O3. The summed E-state index contributed by atoms with van der Waals surface area (Å²) in [6.45, 7) is 2.15. The molecule has 1 amide bonds. The summed E-state index contributed by atoms with van der Waals surface area (Å²) in [7, 11) is 0. The lowest BCUT2D eigenvalue weighted by atomic mass is 10.2. The van der Waals surface area contributed by atoms with Gasteiger partial charge in [0.1, 0.15) is 0 Å². The number of carbonyl (C=O) groups is 1. The Morgan fingerprint density at radius 3 is 2.90 bits per heavy atom. The number of carbonyl (C=O) groups excluding carboxylic acids is 1. The van der Waals surface area contributed by atoms with E-state index in [0.717, 1.165) is 19.3 Å². The number of non-ortho nitro benzene ring substituents is 1. The molecule has 0 aliphatic heterocycles. The predicted octanol–water partition coefficient (Wildman–Crippen LogP) is 3.28. The Morgan fingerprint density at radius 2 is 2.20 bits per heavy atom. The van der Waals surface area contributed by atoms with E-state index in [-0.39, 0.29) is 11.3 Å². The Bertz CT molecular complexity index is 486. The normalized spacial score (nSPS) is 10.7. The molecule has 0 aromatic heterocycles. The van der Waals surface area contributed by atoms with Crippen molar-refractivity contribution in [2.75, 3.05) is 0 Å². The van der Waals surface area contributed by atoms with E-state index in [1.165, 1.54) is 37.1 Å². The number of hydrogen-bond acceptors (Lipinski definition) is 4. The molecule has 1 N–H and O–H groups in total. The second-order valence-electron chi connectivity index (χ2n) is 4.41. The van der Waals surface area contributed by atoms with Crippen LogP contribution in [-0.4, -0.2) is 17.0 Å². The van der Waals surface area contributed by atoms with Crippen LogP contribution in [0.5, 0.6) is 0 Å². The van der Waals surface area contributed by atoms with Crippen molar-refractivity contribution in [2.24, 2.45) is 5.10 Å². The van der Waals surface area contributed by atoms with Gasteiger partial charge in [0.15, 0.2) is 0 Å². The largest absolute Gasteiger partial charge is 0.271 e. The molecular weight excluding hydrogens is 258 g/mol. The molecule has 0 unspecified atom stereocenters. The average molecular weight is 277 g/mol. The highest BCUT2D eigenvalue weighted by molar-refractivity contribution is 5.94. The quantitative estimate of drug-likeness (QED) is 0.342. The molecule has 0 bridgehead atoms. The number of amides is 1. The zero-order valence-corrected chi connectivity index (χ0v) is 11.5. The summed E-state index contributed by atoms with van der Waals surface area (Å²) in [6, 6.07) is 5.56. The maximum atomic E-state index is 11.7. The van der Waals surface area contributed by atoms with Crippen molar-refractivity contribution in [2.45, 2.75) is 39.0 Å². The Balaban J connectivity index is 2.41. The first kappa shape index (κ1) is 15.8. The summed E-state index contributed by atoms with van der Waals surface area (Å²) in [6.07, 6.45) is 7.06. The van der Waals surface area contributed by atoms with Gasteiger partial charge in [-0.05, 0) is 18.9 Å². The molecule has 108 valence electrons. The number of rotatable bonds is 8. The van der Waals surface area contributed by atoms with Crippen LogP contribution in [0.15, 0.2) is 29.4 Å². The lowest BCUT2D eigenvalue weighted by molar-refractivity contribution is -0.384. The highest BCUT2D eigenvalue weighted by atomic mass is 16.6. The zero-order valence-electron chi connectivity index (χ0n) is 11.5. The van der Waals surface area contributed by atoms with Crippen LogP contribution in [0.4, 0.5) is 5.69 Å². The molecule has 0 saturated heterocycles. The predicted molar refractivity (Wildman–Crippen MR) is 77.8 cm³/mol. The minimum atomic E-state index is -0.534. The maximum absolute atomic E-state index is 11.7. The van der Waals surface area contributed by atoms with Gasteiger partial charge < -0.3 is 0 Å². The van der Waals surface area contributed by atoms with Crippen molar-refractivity contribution in [3.8, 4) is 0 Å². The first-order valence-corrected chi connectivity index (χ1v) is 6.71. The van der Waals surface area contributed by atoms with Gasteiger partial charge in [-0.15, -0.1) is 0 Å². The molecule has 20 heavy (non-hydrogen) atoms. The number of nitrogens with one attached hydrogen (secondary N) is 1. The third-order valence-electron chi connectivity index (χ3n) is 2.76. The van der Waals surface area contributed by atoms with Gasteiger partial charge in [-0.2, -0.15) is 5.10 Å². The lowest BCUT2D eigenvalue weighted by Gasteiger charge is -1.99. The van der Waals surface area contributed by atoms with Gasteiger partial charge in [-0.25, -0.2) is 5.43 Å². The van der Waals surface area contributed by atoms with Crippen LogP contribution >= 0.6 is 0 Å². The van der Waals surface area contributed by atoms with E-state index < -0.39 is 10.8 Å². The highest BCUT2D eigenvalue weighted by Gasteiger charge is 2.10. The van der Waals surface area contributed by atoms with E-state index in [2.05, 4.69) is 17.5 Å². The summed E-state index contributed by atoms with van der Waals surface area (Å²) in [4.78, 5) is 21.8. The first-order chi connectivity index (χ1) is 9.65. The van der Waals surface area contributed by atoms with Crippen molar-refractivity contribution < 1.29 is 9.72 Å². The second kappa shape index (κ2) is 8.79. The maximum Gasteiger partial charge on any atom is 0.271 e. The Kier molecular flexibility index (Phi) is 6.95. The van der Waals surface area contributed by atoms with Gasteiger partial charge >= 0.3 is 0 Å².